The lowest BCUT2D eigenvalue weighted by Gasteiger charge is -2.19. The Morgan fingerprint density at radius 2 is 2.14 bits per heavy atom. The van der Waals surface area contributed by atoms with Crippen molar-refractivity contribution in [2.45, 2.75) is 26.1 Å². The highest BCUT2D eigenvalue weighted by Crippen LogP contribution is 2.22. The fraction of sp³-hybridized carbons (Fsp3) is 0.700. The van der Waals surface area contributed by atoms with Crippen LogP contribution in [0, 0.1) is 0 Å². The lowest BCUT2D eigenvalue weighted by atomic mass is 10.2. The Kier molecular flexibility index (Phi) is 4.10. The van der Waals surface area contributed by atoms with E-state index in [1.54, 1.807) is 13.0 Å². The second-order valence-corrected chi connectivity index (χ2v) is 3.19. The van der Waals surface area contributed by atoms with Gasteiger partial charge in [0.2, 0.25) is 0 Å². The Hall–Kier alpha value is -0.870. The average molecular weight is 200 g/mol. The zero-order chi connectivity index (χ0) is 10.4. The van der Waals surface area contributed by atoms with Gasteiger partial charge in [-0.3, -0.25) is 0 Å². The summed E-state index contributed by atoms with van der Waals surface area (Å²) in [5.74, 6) is -0.891. The van der Waals surface area contributed by atoms with E-state index in [0.717, 1.165) is 0 Å². The van der Waals surface area contributed by atoms with Crippen molar-refractivity contribution in [2.24, 2.45) is 0 Å². The van der Waals surface area contributed by atoms with Crippen LogP contribution in [-0.2, 0) is 19.0 Å². The number of hydrogen-bond donors (Lipinski definition) is 0. The van der Waals surface area contributed by atoms with Crippen molar-refractivity contribution in [1.82, 2.24) is 0 Å². The zero-order valence-electron chi connectivity index (χ0n) is 8.62. The lowest BCUT2D eigenvalue weighted by molar-refractivity contribution is -0.139. The van der Waals surface area contributed by atoms with E-state index in [0.29, 0.717) is 26.2 Å². The summed E-state index contributed by atoms with van der Waals surface area (Å²) in [6.07, 6.45) is 3.68. The summed E-state index contributed by atoms with van der Waals surface area (Å²) in [6.45, 7) is 5.26. The number of hydrogen-bond acceptors (Lipinski definition) is 4. The van der Waals surface area contributed by atoms with Crippen molar-refractivity contribution in [3.63, 3.8) is 0 Å². The van der Waals surface area contributed by atoms with Gasteiger partial charge in [-0.25, -0.2) is 4.79 Å². The first-order valence-corrected chi connectivity index (χ1v) is 4.77. The van der Waals surface area contributed by atoms with Gasteiger partial charge in [0.25, 0.3) is 0 Å². The first-order chi connectivity index (χ1) is 6.66. The smallest absolute Gasteiger partial charge is 0.330 e. The van der Waals surface area contributed by atoms with E-state index in [2.05, 4.69) is 0 Å². The number of esters is 1. The van der Waals surface area contributed by atoms with Gasteiger partial charge in [0.05, 0.1) is 19.8 Å². The molecule has 0 unspecified atom stereocenters. The van der Waals surface area contributed by atoms with Crippen LogP contribution in [0.15, 0.2) is 12.2 Å². The molecule has 0 saturated carbocycles. The third kappa shape index (κ3) is 3.47. The van der Waals surface area contributed by atoms with Crippen LogP contribution in [-0.4, -0.2) is 31.6 Å². The second-order valence-electron chi connectivity index (χ2n) is 3.19. The van der Waals surface area contributed by atoms with E-state index >= 15 is 0 Å². The van der Waals surface area contributed by atoms with Crippen molar-refractivity contribution < 1.29 is 19.0 Å². The quantitative estimate of drug-likeness (QED) is 0.506. The largest absolute Gasteiger partial charge is 0.463 e. The van der Waals surface area contributed by atoms with Gasteiger partial charge in [-0.2, -0.15) is 0 Å². The highest BCUT2D eigenvalue weighted by Gasteiger charge is 2.29. The zero-order valence-corrected chi connectivity index (χ0v) is 8.62. The molecule has 0 spiro atoms. The molecule has 0 aromatic rings. The molecule has 0 radical (unpaired) electrons. The number of rotatable bonds is 4. The average Bonchev–Trinajstić information content (AvgIpc) is 2.53. The molecule has 14 heavy (non-hydrogen) atoms. The summed E-state index contributed by atoms with van der Waals surface area (Å²) in [5, 5.41) is 0. The molecule has 1 rings (SSSR count). The molecular weight excluding hydrogens is 184 g/mol. The summed E-state index contributed by atoms with van der Waals surface area (Å²) < 4.78 is 15.4. The summed E-state index contributed by atoms with van der Waals surface area (Å²) >= 11 is 0. The topological polar surface area (TPSA) is 44.8 Å². The Morgan fingerprint density at radius 1 is 1.50 bits per heavy atom. The maximum absolute atomic E-state index is 10.9. The van der Waals surface area contributed by atoms with Gasteiger partial charge in [-0.15, -0.1) is 0 Å². The minimum atomic E-state index is -0.566. The van der Waals surface area contributed by atoms with Crippen LogP contribution in [0.4, 0.5) is 0 Å². The van der Waals surface area contributed by atoms with Crippen LogP contribution in [0.25, 0.3) is 0 Å². The number of carbonyl (C=O) groups is 1. The van der Waals surface area contributed by atoms with E-state index in [1.807, 2.05) is 6.92 Å². The van der Waals surface area contributed by atoms with Crippen molar-refractivity contribution in [1.29, 1.82) is 0 Å². The van der Waals surface area contributed by atoms with Gasteiger partial charge in [0, 0.05) is 12.5 Å². The maximum Gasteiger partial charge on any atom is 0.330 e. The Balaban J connectivity index is 2.28. The molecule has 0 aromatic carbocycles. The fourth-order valence-corrected chi connectivity index (χ4v) is 1.23. The molecule has 0 amide bonds. The first kappa shape index (κ1) is 11.2. The Labute approximate surface area is 83.8 Å². The van der Waals surface area contributed by atoms with Crippen LogP contribution >= 0.6 is 0 Å². The molecule has 0 atom stereocenters. The molecule has 0 aliphatic carbocycles. The maximum atomic E-state index is 10.9. The normalized spacial score (nSPS) is 20.1. The number of carbonyl (C=O) groups excluding carboxylic acids is 1. The molecule has 1 aliphatic heterocycles. The van der Waals surface area contributed by atoms with E-state index < -0.39 is 5.79 Å². The standard InChI is InChI=1S/C10H16O4/c1-3-12-9(11)5-4-6-10(2)13-7-8-14-10/h4-5H,3,6-8H2,1-2H3/b5-4+. The SMILES string of the molecule is CCOC(=O)/C=C/CC1(C)OCCO1. The lowest BCUT2D eigenvalue weighted by Crippen LogP contribution is -2.24. The van der Waals surface area contributed by atoms with Gasteiger partial charge >= 0.3 is 5.97 Å². The molecule has 1 heterocycles. The third-order valence-corrected chi connectivity index (χ3v) is 1.93. The predicted octanol–water partition coefficient (Wildman–Crippen LogP) is 1.26. The summed E-state index contributed by atoms with van der Waals surface area (Å²) in [4.78, 5) is 10.9. The van der Waals surface area contributed by atoms with Gasteiger partial charge in [-0.05, 0) is 13.8 Å². The van der Waals surface area contributed by atoms with Crippen LogP contribution < -0.4 is 0 Å². The summed E-state index contributed by atoms with van der Waals surface area (Å²) in [7, 11) is 0. The molecule has 4 heteroatoms. The van der Waals surface area contributed by atoms with Crippen molar-refractivity contribution in [2.75, 3.05) is 19.8 Å². The predicted molar refractivity (Wildman–Crippen MR) is 50.7 cm³/mol. The minimum Gasteiger partial charge on any atom is -0.463 e. The minimum absolute atomic E-state index is 0.325. The monoisotopic (exact) mass is 200 g/mol. The van der Waals surface area contributed by atoms with Crippen LogP contribution in [0.3, 0.4) is 0 Å². The van der Waals surface area contributed by atoms with E-state index in [1.165, 1.54) is 6.08 Å². The highest BCUT2D eigenvalue weighted by molar-refractivity contribution is 5.81. The molecule has 0 aromatic heterocycles. The van der Waals surface area contributed by atoms with Crippen molar-refractivity contribution >= 4 is 5.97 Å². The van der Waals surface area contributed by atoms with Gasteiger partial charge in [0.1, 0.15) is 0 Å². The number of ether oxygens (including phenoxy) is 3. The van der Waals surface area contributed by atoms with Crippen LogP contribution in [0.1, 0.15) is 20.3 Å². The van der Waals surface area contributed by atoms with Crippen molar-refractivity contribution in [3.05, 3.63) is 12.2 Å². The first-order valence-electron chi connectivity index (χ1n) is 4.77. The molecular formula is C10H16O4. The Morgan fingerprint density at radius 3 is 2.71 bits per heavy atom. The molecule has 1 saturated heterocycles. The van der Waals surface area contributed by atoms with Gasteiger partial charge in [-0.1, -0.05) is 6.08 Å². The van der Waals surface area contributed by atoms with Gasteiger partial charge in [0.15, 0.2) is 5.79 Å². The summed E-state index contributed by atoms with van der Waals surface area (Å²) in [6, 6.07) is 0. The van der Waals surface area contributed by atoms with E-state index in [4.69, 9.17) is 14.2 Å². The van der Waals surface area contributed by atoms with Crippen molar-refractivity contribution in [3.8, 4) is 0 Å². The molecule has 1 aliphatic rings. The van der Waals surface area contributed by atoms with Crippen LogP contribution in [0.2, 0.25) is 0 Å². The molecule has 80 valence electrons. The molecule has 0 bridgehead atoms. The van der Waals surface area contributed by atoms with Gasteiger partial charge < -0.3 is 14.2 Å². The molecule has 4 nitrogen and oxygen atoms in total. The molecule has 0 N–H and O–H groups in total. The Bertz CT molecular complexity index is 216. The third-order valence-electron chi connectivity index (χ3n) is 1.93. The fourth-order valence-electron chi connectivity index (χ4n) is 1.23. The molecule has 1 fully saturated rings. The van der Waals surface area contributed by atoms with E-state index in [9.17, 15) is 4.79 Å². The highest BCUT2D eigenvalue weighted by atomic mass is 16.7. The van der Waals surface area contributed by atoms with E-state index in [-0.39, 0.29) is 5.97 Å². The second kappa shape index (κ2) is 5.12. The van der Waals surface area contributed by atoms with Crippen LogP contribution in [0.5, 0.6) is 0 Å². The summed E-state index contributed by atoms with van der Waals surface area (Å²) in [5.41, 5.74) is 0.